The van der Waals surface area contributed by atoms with Gasteiger partial charge in [-0.05, 0) is 24.3 Å². The molecule has 29 heavy (non-hydrogen) atoms. The fourth-order valence-electron chi connectivity index (χ4n) is 2.50. The minimum Gasteiger partial charge on any atom is -0.419 e. The van der Waals surface area contributed by atoms with Crippen molar-refractivity contribution in [3.05, 3.63) is 63.2 Å². The lowest BCUT2D eigenvalue weighted by Gasteiger charge is -2.07. The van der Waals surface area contributed by atoms with Gasteiger partial charge in [0, 0.05) is 23.8 Å². The number of nitrogens with one attached hydrogen (secondary N) is 2. The van der Waals surface area contributed by atoms with Crippen molar-refractivity contribution in [1.29, 1.82) is 5.26 Å². The average molecular weight is 452 g/mol. The number of hydrogen-bond donors (Lipinski definition) is 2. The Morgan fingerprint density at radius 2 is 1.76 bits per heavy atom. The van der Waals surface area contributed by atoms with Crippen molar-refractivity contribution < 1.29 is 9.15 Å². The molecule has 0 fully saturated rings. The number of para-hydroxylation sites is 1. The van der Waals surface area contributed by atoms with Crippen LogP contribution in [-0.4, -0.2) is 31.3 Å². The predicted molar refractivity (Wildman–Crippen MR) is 116 cm³/mol. The Kier molecular flexibility index (Phi) is 7.62. The highest BCUT2D eigenvalue weighted by Crippen LogP contribution is 2.37. The molecule has 1 heterocycles. The van der Waals surface area contributed by atoms with Gasteiger partial charge in [0.15, 0.2) is 0 Å². The summed E-state index contributed by atoms with van der Waals surface area (Å²) < 4.78 is 11.2. The number of ether oxygens (including phenoxy) is 1. The number of nitrogens with zero attached hydrogens (tertiary/aromatic N) is 2. The Morgan fingerprint density at radius 3 is 2.48 bits per heavy atom. The number of oxazole rings is 1. The molecule has 2 aromatic carbocycles. The molecule has 0 saturated heterocycles. The Bertz CT molecular complexity index is 1000. The lowest BCUT2D eigenvalue weighted by Crippen LogP contribution is -2.14. The molecule has 0 aliphatic heterocycles. The summed E-state index contributed by atoms with van der Waals surface area (Å²) >= 11 is 18.3. The summed E-state index contributed by atoms with van der Waals surface area (Å²) in [5, 5.41) is 16.5. The lowest BCUT2D eigenvalue weighted by molar-refractivity contribution is 0.154. The van der Waals surface area contributed by atoms with Gasteiger partial charge in [-0.25, -0.2) is 0 Å². The van der Waals surface area contributed by atoms with Crippen molar-refractivity contribution in [1.82, 2.24) is 4.98 Å². The van der Waals surface area contributed by atoms with E-state index in [1.54, 1.807) is 6.07 Å². The SMILES string of the molecule is N#Cc1nc(-c2cc(Cl)cc(Cl)c2Cl)oc1NCCOCCNc1ccccc1. The molecule has 0 bridgehead atoms. The van der Waals surface area contributed by atoms with Gasteiger partial charge in [0.1, 0.15) is 6.07 Å². The number of anilines is 2. The second-order valence-electron chi connectivity index (χ2n) is 5.89. The standard InChI is InChI=1S/C20H17Cl3N4O2/c21-13-10-15(18(23)16(22)11-13)19-27-17(12-24)20(29-19)26-7-9-28-8-6-25-14-4-2-1-3-5-14/h1-5,10-11,25-26H,6-9H2. The monoisotopic (exact) mass is 450 g/mol. The van der Waals surface area contributed by atoms with Crippen LogP contribution in [0.3, 0.4) is 0 Å². The van der Waals surface area contributed by atoms with Crippen LogP contribution >= 0.6 is 34.8 Å². The number of nitriles is 1. The average Bonchev–Trinajstić information content (AvgIpc) is 3.13. The van der Waals surface area contributed by atoms with E-state index in [9.17, 15) is 5.26 Å². The first-order valence-electron chi connectivity index (χ1n) is 8.75. The highest BCUT2D eigenvalue weighted by molar-refractivity contribution is 6.44. The molecule has 6 nitrogen and oxygen atoms in total. The molecule has 150 valence electrons. The second kappa shape index (κ2) is 10.4. The summed E-state index contributed by atoms with van der Waals surface area (Å²) in [7, 11) is 0. The fraction of sp³-hybridized carbons (Fsp3) is 0.200. The maximum absolute atomic E-state index is 9.30. The van der Waals surface area contributed by atoms with Gasteiger partial charge in [0.05, 0.1) is 28.8 Å². The van der Waals surface area contributed by atoms with E-state index in [4.69, 9.17) is 44.0 Å². The summed E-state index contributed by atoms with van der Waals surface area (Å²) in [6, 6.07) is 15.0. The highest BCUT2D eigenvalue weighted by atomic mass is 35.5. The molecular weight excluding hydrogens is 435 g/mol. The van der Waals surface area contributed by atoms with Crippen molar-refractivity contribution in [2.75, 3.05) is 36.9 Å². The molecule has 0 atom stereocenters. The summed E-state index contributed by atoms with van der Waals surface area (Å²) in [5.74, 6) is 0.395. The number of aromatic nitrogens is 1. The van der Waals surface area contributed by atoms with E-state index in [-0.39, 0.29) is 27.5 Å². The molecule has 0 radical (unpaired) electrons. The molecule has 0 aliphatic rings. The molecule has 1 aromatic heterocycles. The third-order valence-electron chi connectivity index (χ3n) is 3.84. The van der Waals surface area contributed by atoms with Crippen LogP contribution in [-0.2, 0) is 4.74 Å². The van der Waals surface area contributed by atoms with E-state index in [1.807, 2.05) is 36.4 Å². The molecular formula is C20H17Cl3N4O2. The minimum absolute atomic E-state index is 0.109. The normalized spacial score (nSPS) is 10.6. The topological polar surface area (TPSA) is 83.1 Å². The fourth-order valence-corrected chi connectivity index (χ4v) is 3.19. The lowest BCUT2D eigenvalue weighted by atomic mass is 10.2. The first kappa shape index (κ1) is 21.3. The largest absolute Gasteiger partial charge is 0.419 e. The third kappa shape index (κ3) is 5.78. The van der Waals surface area contributed by atoms with Crippen LogP contribution in [0.5, 0.6) is 0 Å². The first-order valence-corrected chi connectivity index (χ1v) is 9.88. The summed E-state index contributed by atoms with van der Waals surface area (Å²) in [5.41, 5.74) is 1.57. The Morgan fingerprint density at radius 1 is 1.03 bits per heavy atom. The van der Waals surface area contributed by atoms with Crippen LogP contribution in [0, 0.1) is 11.3 Å². The van der Waals surface area contributed by atoms with E-state index in [1.165, 1.54) is 6.07 Å². The third-order valence-corrected chi connectivity index (χ3v) is 4.86. The highest BCUT2D eigenvalue weighted by Gasteiger charge is 2.18. The van der Waals surface area contributed by atoms with Crippen molar-refractivity contribution in [2.45, 2.75) is 0 Å². The quantitative estimate of drug-likeness (QED) is 0.320. The second-order valence-corrected chi connectivity index (χ2v) is 7.11. The minimum atomic E-state index is 0.109. The number of rotatable bonds is 9. The van der Waals surface area contributed by atoms with Gasteiger partial charge in [-0.15, -0.1) is 0 Å². The Balaban J connectivity index is 1.51. The molecule has 3 aromatic rings. The van der Waals surface area contributed by atoms with Crippen LogP contribution in [0.1, 0.15) is 5.69 Å². The number of halogens is 3. The molecule has 0 saturated carbocycles. The molecule has 0 unspecified atom stereocenters. The van der Waals surface area contributed by atoms with Crippen molar-refractivity contribution >= 4 is 46.4 Å². The van der Waals surface area contributed by atoms with Gasteiger partial charge in [0.2, 0.25) is 17.5 Å². The van der Waals surface area contributed by atoms with Crippen LogP contribution in [0.25, 0.3) is 11.5 Å². The van der Waals surface area contributed by atoms with E-state index in [2.05, 4.69) is 15.6 Å². The molecule has 0 amide bonds. The van der Waals surface area contributed by atoms with Gasteiger partial charge in [0.25, 0.3) is 0 Å². The maximum atomic E-state index is 9.30. The molecule has 0 aliphatic carbocycles. The zero-order valence-electron chi connectivity index (χ0n) is 15.2. The van der Waals surface area contributed by atoms with E-state index in [0.29, 0.717) is 36.9 Å². The van der Waals surface area contributed by atoms with Gasteiger partial charge in [-0.3, -0.25) is 0 Å². The molecule has 0 spiro atoms. The van der Waals surface area contributed by atoms with E-state index in [0.717, 1.165) is 5.69 Å². The van der Waals surface area contributed by atoms with Gasteiger partial charge in [-0.2, -0.15) is 10.2 Å². The first-order chi connectivity index (χ1) is 14.1. The Labute approximate surface area is 183 Å². The number of hydrogen-bond acceptors (Lipinski definition) is 6. The van der Waals surface area contributed by atoms with Crippen LogP contribution in [0.2, 0.25) is 15.1 Å². The summed E-state index contributed by atoms with van der Waals surface area (Å²) in [6.45, 7) is 2.10. The maximum Gasteiger partial charge on any atom is 0.232 e. The summed E-state index contributed by atoms with van der Waals surface area (Å²) in [4.78, 5) is 4.16. The summed E-state index contributed by atoms with van der Waals surface area (Å²) in [6.07, 6.45) is 0. The molecule has 3 rings (SSSR count). The zero-order chi connectivity index (χ0) is 20.6. The molecule has 2 N–H and O–H groups in total. The molecule has 9 heteroatoms. The van der Waals surface area contributed by atoms with Crippen LogP contribution in [0.15, 0.2) is 46.9 Å². The van der Waals surface area contributed by atoms with Crippen LogP contribution < -0.4 is 10.6 Å². The van der Waals surface area contributed by atoms with Gasteiger partial charge in [-0.1, -0.05) is 53.0 Å². The van der Waals surface area contributed by atoms with Crippen molar-refractivity contribution in [3.8, 4) is 17.5 Å². The zero-order valence-corrected chi connectivity index (χ0v) is 17.5. The predicted octanol–water partition coefficient (Wildman–Crippen LogP) is 5.71. The smallest absolute Gasteiger partial charge is 0.232 e. The van der Waals surface area contributed by atoms with Crippen molar-refractivity contribution in [2.24, 2.45) is 0 Å². The van der Waals surface area contributed by atoms with Crippen molar-refractivity contribution in [3.63, 3.8) is 0 Å². The van der Waals surface area contributed by atoms with E-state index < -0.39 is 0 Å². The van der Waals surface area contributed by atoms with Gasteiger partial charge >= 0.3 is 0 Å². The van der Waals surface area contributed by atoms with Crippen LogP contribution in [0.4, 0.5) is 11.6 Å². The Hall–Kier alpha value is -2.43. The number of benzene rings is 2. The van der Waals surface area contributed by atoms with Gasteiger partial charge < -0.3 is 19.8 Å². The van der Waals surface area contributed by atoms with E-state index >= 15 is 0 Å².